The smallest absolute Gasteiger partial charge is 0.407 e. The fourth-order valence-corrected chi connectivity index (χ4v) is 2.65. The third-order valence-electron chi connectivity index (χ3n) is 4.03. The van der Waals surface area contributed by atoms with Crippen molar-refractivity contribution < 1.29 is 23.9 Å². The van der Waals surface area contributed by atoms with Crippen LogP contribution in [0, 0.1) is 0 Å². The van der Waals surface area contributed by atoms with Gasteiger partial charge >= 0.3 is 6.09 Å². The Kier molecular flexibility index (Phi) is 8.83. The molecular weight excluding hydrogens is 410 g/mol. The van der Waals surface area contributed by atoms with Gasteiger partial charge in [0.25, 0.3) is 0 Å². The molecule has 0 aliphatic rings. The molecule has 0 saturated heterocycles. The van der Waals surface area contributed by atoms with Crippen LogP contribution in [-0.4, -0.2) is 37.2 Å². The molecule has 3 N–H and O–H groups in total. The summed E-state index contributed by atoms with van der Waals surface area (Å²) in [6.45, 7) is 5.40. The topological polar surface area (TPSA) is 106 Å². The minimum atomic E-state index is -0.608. The number of methoxy groups -OCH3 is 1. The highest BCUT2D eigenvalue weighted by atomic mass is 16.6. The maximum Gasteiger partial charge on any atom is 0.407 e. The van der Waals surface area contributed by atoms with Crippen LogP contribution in [0.4, 0.5) is 16.2 Å². The van der Waals surface area contributed by atoms with E-state index in [0.29, 0.717) is 17.1 Å². The third-order valence-corrected chi connectivity index (χ3v) is 4.03. The van der Waals surface area contributed by atoms with Crippen molar-refractivity contribution in [2.45, 2.75) is 32.8 Å². The number of carbonyl (C=O) groups excluding carboxylic acids is 3. The van der Waals surface area contributed by atoms with E-state index < -0.39 is 11.7 Å². The summed E-state index contributed by atoms with van der Waals surface area (Å²) < 4.78 is 10.4. The fourth-order valence-electron chi connectivity index (χ4n) is 2.65. The number of carbonyl (C=O) groups is 3. The molecular formula is C24H29N3O5. The molecule has 32 heavy (non-hydrogen) atoms. The summed E-state index contributed by atoms with van der Waals surface area (Å²) >= 11 is 0. The number of amides is 3. The predicted molar refractivity (Wildman–Crippen MR) is 125 cm³/mol. The molecule has 2 aromatic rings. The summed E-state index contributed by atoms with van der Waals surface area (Å²) in [6, 6.07) is 14.2. The number of hydrogen-bond acceptors (Lipinski definition) is 5. The van der Waals surface area contributed by atoms with Crippen LogP contribution in [0.15, 0.2) is 54.6 Å². The van der Waals surface area contributed by atoms with Crippen LogP contribution in [0.1, 0.15) is 32.8 Å². The summed E-state index contributed by atoms with van der Waals surface area (Å²) in [5.41, 5.74) is 1.07. The lowest BCUT2D eigenvalue weighted by molar-refractivity contribution is -0.116. The Bertz CT molecular complexity index is 980. The Morgan fingerprint density at radius 2 is 1.56 bits per heavy atom. The molecule has 2 aromatic carbocycles. The van der Waals surface area contributed by atoms with Crippen molar-refractivity contribution in [2.75, 3.05) is 24.3 Å². The molecule has 0 atom stereocenters. The zero-order valence-corrected chi connectivity index (χ0v) is 18.7. The lowest BCUT2D eigenvalue weighted by Gasteiger charge is -2.19. The number of nitrogens with one attached hydrogen (secondary N) is 3. The predicted octanol–water partition coefficient (Wildman–Crippen LogP) is 4.20. The van der Waals surface area contributed by atoms with Crippen LogP contribution in [0.3, 0.4) is 0 Å². The number of hydrogen-bond donors (Lipinski definition) is 3. The Morgan fingerprint density at radius 3 is 2.22 bits per heavy atom. The van der Waals surface area contributed by atoms with Gasteiger partial charge in [-0.05, 0) is 45.0 Å². The Labute approximate surface area is 188 Å². The highest BCUT2D eigenvalue weighted by Crippen LogP contribution is 2.22. The normalized spacial score (nSPS) is 11.0. The van der Waals surface area contributed by atoms with Crippen LogP contribution in [-0.2, 0) is 14.3 Å². The number of para-hydroxylation sites is 3. The summed E-state index contributed by atoms with van der Waals surface area (Å²) in [4.78, 5) is 36.3. The van der Waals surface area contributed by atoms with Crippen LogP contribution in [0.25, 0.3) is 6.08 Å². The van der Waals surface area contributed by atoms with E-state index in [-0.39, 0.29) is 24.8 Å². The SMILES string of the molecule is COc1ccccc1/C=C/C(=O)Nc1ccccc1NC(=O)CCNC(=O)OC(C)(C)C. The van der Waals surface area contributed by atoms with Gasteiger partial charge in [0.05, 0.1) is 18.5 Å². The zero-order valence-electron chi connectivity index (χ0n) is 18.7. The minimum Gasteiger partial charge on any atom is -0.496 e. The average molecular weight is 440 g/mol. The van der Waals surface area contributed by atoms with E-state index in [1.807, 2.05) is 18.2 Å². The van der Waals surface area contributed by atoms with E-state index in [9.17, 15) is 14.4 Å². The monoisotopic (exact) mass is 439 g/mol. The molecule has 0 bridgehead atoms. The lowest BCUT2D eigenvalue weighted by Crippen LogP contribution is -2.34. The van der Waals surface area contributed by atoms with Gasteiger partial charge in [0.15, 0.2) is 0 Å². The molecule has 0 spiro atoms. The zero-order chi connectivity index (χ0) is 23.6. The van der Waals surface area contributed by atoms with Gasteiger partial charge < -0.3 is 25.4 Å². The molecule has 0 aliphatic carbocycles. The second-order valence-corrected chi connectivity index (χ2v) is 7.84. The number of anilines is 2. The molecule has 0 fully saturated rings. The molecule has 0 saturated carbocycles. The minimum absolute atomic E-state index is 0.0508. The van der Waals surface area contributed by atoms with Crippen LogP contribution in [0.2, 0.25) is 0 Å². The molecule has 0 aromatic heterocycles. The molecule has 3 amide bonds. The summed E-state index contributed by atoms with van der Waals surface area (Å²) in [7, 11) is 1.56. The van der Waals surface area contributed by atoms with E-state index in [0.717, 1.165) is 5.56 Å². The third kappa shape index (κ3) is 8.51. The largest absolute Gasteiger partial charge is 0.496 e. The maximum atomic E-state index is 12.4. The van der Waals surface area contributed by atoms with E-state index in [1.54, 1.807) is 64.3 Å². The van der Waals surface area contributed by atoms with Crippen molar-refractivity contribution >= 4 is 35.4 Å². The van der Waals surface area contributed by atoms with Gasteiger partial charge in [0.2, 0.25) is 11.8 Å². The Balaban J connectivity index is 1.91. The maximum absolute atomic E-state index is 12.4. The molecule has 2 rings (SSSR count). The van der Waals surface area contributed by atoms with Gasteiger partial charge in [-0.15, -0.1) is 0 Å². The Morgan fingerprint density at radius 1 is 0.938 bits per heavy atom. The van der Waals surface area contributed by atoms with E-state index >= 15 is 0 Å². The standard InChI is InChI=1S/C24H29N3O5/c1-24(2,3)32-23(30)25-16-15-22(29)27-19-11-7-6-10-18(19)26-21(28)14-13-17-9-5-8-12-20(17)31-4/h5-14H,15-16H2,1-4H3,(H,25,30)(H,26,28)(H,27,29)/b14-13+. The van der Waals surface area contributed by atoms with Crippen molar-refractivity contribution in [3.63, 3.8) is 0 Å². The van der Waals surface area contributed by atoms with Gasteiger partial charge in [0.1, 0.15) is 11.4 Å². The van der Waals surface area contributed by atoms with Gasteiger partial charge in [-0.2, -0.15) is 0 Å². The Hall–Kier alpha value is -3.81. The van der Waals surface area contributed by atoms with E-state index in [1.165, 1.54) is 6.08 Å². The van der Waals surface area contributed by atoms with Gasteiger partial charge in [-0.25, -0.2) is 4.79 Å². The molecule has 8 heteroatoms. The van der Waals surface area contributed by atoms with Gasteiger partial charge in [-0.3, -0.25) is 9.59 Å². The highest BCUT2D eigenvalue weighted by molar-refractivity contribution is 6.05. The molecule has 0 heterocycles. The number of rotatable bonds is 8. The van der Waals surface area contributed by atoms with Crippen molar-refractivity contribution in [1.82, 2.24) is 5.32 Å². The average Bonchev–Trinajstić information content (AvgIpc) is 2.72. The van der Waals surface area contributed by atoms with Crippen molar-refractivity contribution in [3.8, 4) is 5.75 Å². The summed E-state index contributed by atoms with van der Waals surface area (Å²) in [5.74, 6) is -0.0132. The van der Waals surface area contributed by atoms with Crippen LogP contribution in [0.5, 0.6) is 5.75 Å². The van der Waals surface area contributed by atoms with E-state index in [4.69, 9.17) is 9.47 Å². The second-order valence-electron chi connectivity index (χ2n) is 7.84. The first kappa shape index (κ1) is 24.5. The van der Waals surface area contributed by atoms with Crippen molar-refractivity contribution in [1.29, 1.82) is 0 Å². The molecule has 170 valence electrons. The number of benzene rings is 2. The molecule has 0 unspecified atom stereocenters. The first-order valence-electron chi connectivity index (χ1n) is 10.2. The quantitative estimate of drug-likeness (QED) is 0.535. The molecule has 0 radical (unpaired) electrons. The first-order chi connectivity index (χ1) is 15.2. The highest BCUT2D eigenvalue weighted by Gasteiger charge is 2.16. The second kappa shape index (κ2) is 11.5. The molecule has 8 nitrogen and oxygen atoms in total. The fraction of sp³-hybridized carbons (Fsp3) is 0.292. The van der Waals surface area contributed by atoms with Crippen LogP contribution < -0.4 is 20.7 Å². The number of ether oxygens (including phenoxy) is 2. The van der Waals surface area contributed by atoms with Crippen molar-refractivity contribution in [2.24, 2.45) is 0 Å². The first-order valence-corrected chi connectivity index (χ1v) is 10.2. The van der Waals surface area contributed by atoms with Crippen molar-refractivity contribution in [3.05, 3.63) is 60.2 Å². The van der Waals surface area contributed by atoms with Crippen LogP contribution >= 0.6 is 0 Å². The number of alkyl carbamates (subject to hydrolysis) is 1. The summed E-state index contributed by atoms with van der Waals surface area (Å²) in [6.07, 6.45) is 2.51. The van der Waals surface area contributed by atoms with E-state index in [2.05, 4.69) is 16.0 Å². The molecule has 0 aliphatic heterocycles. The van der Waals surface area contributed by atoms with Gasteiger partial charge in [-0.1, -0.05) is 30.3 Å². The lowest BCUT2D eigenvalue weighted by atomic mass is 10.2. The summed E-state index contributed by atoms with van der Waals surface area (Å²) in [5, 5.41) is 8.03. The van der Waals surface area contributed by atoms with Gasteiger partial charge in [0, 0.05) is 24.6 Å².